The maximum Gasteiger partial charge on any atom is 0.222 e. The van der Waals surface area contributed by atoms with Crippen LogP contribution in [0.5, 0.6) is 11.6 Å². The first-order chi connectivity index (χ1) is 8.70. The predicted molar refractivity (Wildman–Crippen MR) is 70.7 cm³/mol. The molecule has 4 heteroatoms. The molecule has 2 rings (SSSR count). The third kappa shape index (κ3) is 2.78. The Morgan fingerprint density at radius 2 is 2.11 bits per heavy atom. The molecular formula is C14H16N2O2. The molecule has 0 saturated heterocycles. The van der Waals surface area contributed by atoms with Crippen LogP contribution in [-0.4, -0.2) is 16.7 Å². The number of ether oxygens (including phenoxy) is 1. The van der Waals surface area contributed by atoms with E-state index in [1.54, 1.807) is 6.20 Å². The fourth-order valence-electron chi connectivity index (χ4n) is 1.73. The van der Waals surface area contributed by atoms with Crippen LogP contribution in [0.3, 0.4) is 0 Å². The average Bonchev–Trinajstić information content (AvgIpc) is 2.35. The highest BCUT2D eigenvalue weighted by atomic mass is 16.5. The molecule has 2 aromatic rings. The number of aromatic nitrogens is 1. The Hall–Kier alpha value is -2.07. The van der Waals surface area contributed by atoms with Gasteiger partial charge in [-0.15, -0.1) is 0 Å². The number of anilines is 1. The van der Waals surface area contributed by atoms with Crippen molar-refractivity contribution in [3.05, 3.63) is 47.7 Å². The second-order valence-electron chi connectivity index (χ2n) is 4.07. The van der Waals surface area contributed by atoms with E-state index >= 15 is 0 Å². The second-order valence-corrected chi connectivity index (χ2v) is 4.07. The van der Waals surface area contributed by atoms with Crippen molar-refractivity contribution in [2.75, 3.05) is 12.3 Å². The zero-order valence-electron chi connectivity index (χ0n) is 10.3. The highest BCUT2D eigenvalue weighted by Gasteiger charge is 2.07. The van der Waals surface area contributed by atoms with Crippen LogP contribution < -0.4 is 10.5 Å². The molecule has 0 radical (unpaired) electrons. The number of aliphatic hydroxyl groups is 1. The largest absolute Gasteiger partial charge is 0.438 e. The van der Waals surface area contributed by atoms with Gasteiger partial charge >= 0.3 is 0 Å². The molecule has 4 nitrogen and oxygen atoms in total. The molecule has 0 aliphatic carbocycles. The highest BCUT2D eigenvalue weighted by molar-refractivity contribution is 5.44. The molecule has 0 unspecified atom stereocenters. The van der Waals surface area contributed by atoms with Crippen molar-refractivity contribution in [1.82, 2.24) is 4.98 Å². The van der Waals surface area contributed by atoms with Gasteiger partial charge in [-0.05, 0) is 31.0 Å². The van der Waals surface area contributed by atoms with Crippen molar-refractivity contribution >= 4 is 5.69 Å². The van der Waals surface area contributed by atoms with Crippen molar-refractivity contribution < 1.29 is 9.84 Å². The first-order valence-corrected chi connectivity index (χ1v) is 5.79. The van der Waals surface area contributed by atoms with Crippen LogP contribution in [0.15, 0.2) is 36.5 Å². The third-order valence-corrected chi connectivity index (χ3v) is 2.61. The number of nitrogens with two attached hydrogens (primary N) is 1. The molecule has 0 fully saturated rings. The Morgan fingerprint density at radius 3 is 2.83 bits per heavy atom. The lowest BCUT2D eigenvalue weighted by Gasteiger charge is -2.11. The molecule has 0 aliphatic heterocycles. The lowest BCUT2D eigenvalue weighted by Crippen LogP contribution is -1.98. The van der Waals surface area contributed by atoms with Gasteiger partial charge in [0.25, 0.3) is 0 Å². The van der Waals surface area contributed by atoms with Crippen molar-refractivity contribution in [3.8, 4) is 11.6 Å². The minimum atomic E-state index is 0.0918. The SMILES string of the molecule is Cc1cc(N)cnc1Oc1ccccc1CCO. The number of nitrogen functional groups attached to an aromatic ring is 1. The van der Waals surface area contributed by atoms with E-state index < -0.39 is 0 Å². The van der Waals surface area contributed by atoms with E-state index in [0.29, 0.717) is 23.7 Å². The van der Waals surface area contributed by atoms with Gasteiger partial charge in [0.1, 0.15) is 5.75 Å². The van der Waals surface area contributed by atoms with E-state index in [1.807, 2.05) is 37.3 Å². The fourth-order valence-corrected chi connectivity index (χ4v) is 1.73. The van der Waals surface area contributed by atoms with Crippen molar-refractivity contribution in [2.45, 2.75) is 13.3 Å². The summed E-state index contributed by atoms with van der Waals surface area (Å²) in [7, 11) is 0. The number of rotatable bonds is 4. The molecule has 1 aromatic carbocycles. The average molecular weight is 244 g/mol. The Morgan fingerprint density at radius 1 is 1.33 bits per heavy atom. The predicted octanol–water partition coefficient (Wildman–Crippen LogP) is 2.30. The van der Waals surface area contributed by atoms with Gasteiger partial charge in [0.15, 0.2) is 0 Å². The molecule has 3 N–H and O–H groups in total. The standard InChI is InChI=1S/C14H16N2O2/c1-10-8-12(15)9-16-14(10)18-13-5-3-2-4-11(13)6-7-17/h2-5,8-9,17H,6-7,15H2,1H3. The van der Waals surface area contributed by atoms with Crippen LogP contribution in [0, 0.1) is 6.92 Å². The minimum Gasteiger partial charge on any atom is -0.438 e. The summed E-state index contributed by atoms with van der Waals surface area (Å²) in [6.45, 7) is 1.99. The maximum atomic E-state index is 9.01. The van der Waals surface area contributed by atoms with E-state index in [0.717, 1.165) is 11.1 Å². The van der Waals surface area contributed by atoms with E-state index in [2.05, 4.69) is 4.98 Å². The number of nitrogens with zero attached hydrogens (tertiary/aromatic N) is 1. The molecule has 0 spiro atoms. The summed E-state index contributed by atoms with van der Waals surface area (Å²) in [6.07, 6.45) is 2.13. The van der Waals surface area contributed by atoms with Crippen LogP contribution in [0.25, 0.3) is 0 Å². The molecule has 0 amide bonds. The van der Waals surface area contributed by atoms with E-state index in [-0.39, 0.29) is 6.61 Å². The normalized spacial score (nSPS) is 10.3. The topological polar surface area (TPSA) is 68.4 Å². The van der Waals surface area contributed by atoms with Gasteiger partial charge in [-0.25, -0.2) is 4.98 Å². The Labute approximate surface area is 106 Å². The number of para-hydroxylation sites is 1. The third-order valence-electron chi connectivity index (χ3n) is 2.61. The molecule has 0 saturated carbocycles. The summed E-state index contributed by atoms with van der Waals surface area (Å²) in [5.41, 5.74) is 8.10. The van der Waals surface area contributed by atoms with Gasteiger partial charge < -0.3 is 15.6 Å². The van der Waals surface area contributed by atoms with E-state index in [1.165, 1.54) is 0 Å². The summed E-state index contributed by atoms with van der Waals surface area (Å²) >= 11 is 0. The lowest BCUT2D eigenvalue weighted by molar-refractivity contribution is 0.297. The van der Waals surface area contributed by atoms with Crippen LogP contribution >= 0.6 is 0 Å². The monoisotopic (exact) mass is 244 g/mol. The summed E-state index contributed by atoms with van der Waals surface area (Å²) in [5, 5.41) is 9.01. The van der Waals surface area contributed by atoms with Gasteiger partial charge in [-0.2, -0.15) is 0 Å². The number of hydrogen-bond acceptors (Lipinski definition) is 4. The van der Waals surface area contributed by atoms with E-state index in [9.17, 15) is 0 Å². The number of aryl methyl sites for hydroxylation is 1. The maximum absolute atomic E-state index is 9.01. The summed E-state index contributed by atoms with van der Waals surface area (Å²) in [5.74, 6) is 1.25. The lowest BCUT2D eigenvalue weighted by atomic mass is 10.1. The fraction of sp³-hybridized carbons (Fsp3) is 0.214. The molecule has 1 heterocycles. The second kappa shape index (κ2) is 5.51. The zero-order valence-corrected chi connectivity index (χ0v) is 10.3. The molecule has 1 aromatic heterocycles. The Balaban J connectivity index is 2.28. The molecule has 94 valence electrons. The molecule has 0 bridgehead atoms. The summed E-state index contributed by atoms with van der Waals surface area (Å²) < 4.78 is 5.77. The summed E-state index contributed by atoms with van der Waals surface area (Å²) in [4.78, 5) is 4.16. The zero-order chi connectivity index (χ0) is 13.0. The van der Waals surface area contributed by atoms with Crippen molar-refractivity contribution in [1.29, 1.82) is 0 Å². The first-order valence-electron chi connectivity index (χ1n) is 5.79. The smallest absolute Gasteiger partial charge is 0.222 e. The van der Waals surface area contributed by atoms with Crippen LogP contribution in [0.2, 0.25) is 0 Å². The number of benzene rings is 1. The molecule has 18 heavy (non-hydrogen) atoms. The first kappa shape index (κ1) is 12.4. The Bertz CT molecular complexity index is 541. The van der Waals surface area contributed by atoms with Crippen LogP contribution in [0.4, 0.5) is 5.69 Å². The van der Waals surface area contributed by atoms with Crippen molar-refractivity contribution in [2.24, 2.45) is 0 Å². The van der Waals surface area contributed by atoms with Gasteiger partial charge in [0.2, 0.25) is 5.88 Å². The van der Waals surface area contributed by atoms with E-state index in [4.69, 9.17) is 15.6 Å². The Kier molecular flexibility index (Phi) is 3.79. The summed E-state index contributed by atoms with van der Waals surface area (Å²) in [6, 6.07) is 9.42. The molecule has 0 atom stereocenters. The minimum absolute atomic E-state index is 0.0918. The quantitative estimate of drug-likeness (QED) is 0.866. The highest BCUT2D eigenvalue weighted by Crippen LogP contribution is 2.27. The van der Waals surface area contributed by atoms with Gasteiger partial charge in [-0.1, -0.05) is 18.2 Å². The van der Waals surface area contributed by atoms with Gasteiger partial charge in [0.05, 0.1) is 11.9 Å². The van der Waals surface area contributed by atoms with Crippen LogP contribution in [0.1, 0.15) is 11.1 Å². The van der Waals surface area contributed by atoms with Crippen molar-refractivity contribution in [3.63, 3.8) is 0 Å². The number of aliphatic hydroxyl groups excluding tert-OH is 1. The number of pyridine rings is 1. The molecular weight excluding hydrogens is 228 g/mol. The molecule has 0 aliphatic rings. The number of hydrogen-bond donors (Lipinski definition) is 2. The van der Waals surface area contributed by atoms with Crippen LogP contribution in [-0.2, 0) is 6.42 Å². The van der Waals surface area contributed by atoms with Gasteiger partial charge in [-0.3, -0.25) is 0 Å². The van der Waals surface area contributed by atoms with Gasteiger partial charge in [0, 0.05) is 12.2 Å².